The summed E-state index contributed by atoms with van der Waals surface area (Å²) in [5, 5.41) is 6.11. The lowest BCUT2D eigenvalue weighted by Crippen LogP contribution is -2.35. The van der Waals surface area contributed by atoms with Gasteiger partial charge in [0, 0.05) is 25.7 Å². The second-order valence-electron chi connectivity index (χ2n) is 4.85. The molecule has 0 unspecified atom stereocenters. The number of amides is 2. The van der Waals surface area contributed by atoms with Gasteiger partial charge in [0.05, 0.1) is 12.7 Å². The molecule has 1 saturated heterocycles. The molecule has 0 aromatic heterocycles. The maximum atomic E-state index is 11.3. The number of hydrogen-bond acceptors (Lipinski definition) is 3. The molecule has 0 bridgehead atoms. The minimum absolute atomic E-state index is 0.0486. The molecule has 1 aliphatic carbocycles. The first kappa shape index (κ1) is 12.6. The molecular formula is C12H23N3O2. The van der Waals surface area contributed by atoms with Gasteiger partial charge in [-0.15, -0.1) is 0 Å². The van der Waals surface area contributed by atoms with E-state index in [-0.39, 0.29) is 6.03 Å². The Labute approximate surface area is 103 Å². The van der Waals surface area contributed by atoms with Gasteiger partial charge in [0.25, 0.3) is 0 Å². The second kappa shape index (κ2) is 6.21. The van der Waals surface area contributed by atoms with Crippen molar-refractivity contribution in [1.29, 1.82) is 0 Å². The second-order valence-corrected chi connectivity index (χ2v) is 4.85. The van der Waals surface area contributed by atoms with Gasteiger partial charge in [-0.1, -0.05) is 0 Å². The molecule has 98 valence electrons. The summed E-state index contributed by atoms with van der Waals surface area (Å²) < 4.78 is 5.84. The molecule has 1 heterocycles. The van der Waals surface area contributed by atoms with Crippen LogP contribution in [0.2, 0.25) is 0 Å². The summed E-state index contributed by atoms with van der Waals surface area (Å²) in [5.41, 5.74) is 0. The van der Waals surface area contributed by atoms with Crippen molar-refractivity contribution in [2.45, 2.75) is 37.8 Å². The molecule has 1 saturated carbocycles. The SMILES string of the molecule is CNC1CCC(OCCN2CCNC2=O)CC1. The predicted molar refractivity (Wildman–Crippen MR) is 66.0 cm³/mol. The van der Waals surface area contributed by atoms with Crippen molar-refractivity contribution in [2.75, 3.05) is 33.3 Å². The Bertz CT molecular complexity index is 252. The quantitative estimate of drug-likeness (QED) is 0.739. The molecule has 0 aromatic carbocycles. The van der Waals surface area contributed by atoms with Crippen LogP contribution >= 0.6 is 0 Å². The molecule has 2 N–H and O–H groups in total. The van der Waals surface area contributed by atoms with E-state index in [1.54, 1.807) is 0 Å². The first-order valence-corrected chi connectivity index (χ1v) is 6.61. The van der Waals surface area contributed by atoms with Crippen molar-refractivity contribution < 1.29 is 9.53 Å². The Morgan fingerprint density at radius 3 is 2.76 bits per heavy atom. The summed E-state index contributed by atoms with van der Waals surface area (Å²) >= 11 is 0. The molecule has 5 nitrogen and oxygen atoms in total. The normalized spacial score (nSPS) is 29.5. The molecule has 0 spiro atoms. The van der Waals surface area contributed by atoms with Gasteiger partial charge in [-0.3, -0.25) is 0 Å². The average molecular weight is 241 g/mol. The third-order valence-corrected chi connectivity index (χ3v) is 3.74. The summed E-state index contributed by atoms with van der Waals surface area (Å²) in [4.78, 5) is 13.1. The highest BCUT2D eigenvalue weighted by Gasteiger charge is 2.22. The number of carbonyl (C=O) groups is 1. The van der Waals surface area contributed by atoms with Gasteiger partial charge in [0.2, 0.25) is 0 Å². The molecule has 0 aromatic rings. The maximum Gasteiger partial charge on any atom is 0.317 e. The van der Waals surface area contributed by atoms with E-state index in [1.807, 2.05) is 11.9 Å². The van der Waals surface area contributed by atoms with Gasteiger partial charge in [-0.05, 0) is 32.7 Å². The molecule has 0 atom stereocenters. The van der Waals surface area contributed by atoms with E-state index < -0.39 is 0 Å². The molecule has 17 heavy (non-hydrogen) atoms. The monoisotopic (exact) mass is 241 g/mol. The number of hydrogen-bond donors (Lipinski definition) is 2. The van der Waals surface area contributed by atoms with Crippen molar-refractivity contribution in [2.24, 2.45) is 0 Å². The third-order valence-electron chi connectivity index (χ3n) is 3.74. The largest absolute Gasteiger partial charge is 0.376 e. The third kappa shape index (κ3) is 3.57. The first-order valence-electron chi connectivity index (χ1n) is 6.61. The van der Waals surface area contributed by atoms with Gasteiger partial charge in [0.15, 0.2) is 0 Å². The zero-order valence-electron chi connectivity index (χ0n) is 10.6. The predicted octanol–water partition coefficient (Wildman–Crippen LogP) is 0.559. The van der Waals surface area contributed by atoms with Crippen LogP contribution in [-0.4, -0.2) is 56.4 Å². The van der Waals surface area contributed by atoms with E-state index in [0.717, 1.165) is 32.5 Å². The maximum absolute atomic E-state index is 11.3. The fourth-order valence-corrected chi connectivity index (χ4v) is 2.57. The molecule has 2 aliphatic rings. The molecule has 2 amide bonds. The Kier molecular flexibility index (Phi) is 4.62. The lowest BCUT2D eigenvalue weighted by molar-refractivity contribution is 0.0171. The van der Waals surface area contributed by atoms with E-state index in [4.69, 9.17) is 4.74 Å². The zero-order valence-corrected chi connectivity index (χ0v) is 10.6. The van der Waals surface area contributed by atoms with Crippen molar-refractivity contribution in [3.63, 3.8) is 0 Å². The Morgan fingerprint density at radius 2 is 2.18 bits per heavy atom. The van der Waals surface area contributed by atoms with Crippen molar-refractivity contribution >= 4 is 6.03 Å². The van der Waals surface area contributed by atoms with E-state index in [0.29, 0.717) is 18.8 Å². The van der Waals surface area contributed by atoms with Crippen LogP contribution < -0.4 is 10.6 Å². The topological polar surface area (TPSA) is 53.6 Å². The van der Waals surface area contributed by atoms with Crippen LogP contribution in [0.4, 0.5) is 4.79 Å². The van der Waals surface area contributed by atoms with Crippen LogP contribution in [0.3, 0.4) is 0 Å². The Balaban J connectivity index is 1.58. The lowest BCUT2D eigenvalue weighted by atomic mass is 9.93. The standard InChI is InChI=1S/C12H23N3O2/c1-13-10-2-4-11(5-3-10)17-9-8-15-7-6-14-12(15)16/h10-11,13H,2-9H2,1H3,(H,14,16). The van der Waals surface area contributed by atoms with Crippen molar-refractivity contribution in [3.05, 3.63) is 0 Å². The van der Waals surface area contributed by atoms with Gasteiger partial charge in [-0.2, -0.15) is 0 Å². The minimum Gasteiger partial charge on any atom is -0.376 e. The summed E-state index contributed by atoms with van der Waals surface area (Å²) in [6, 6.07) is 0.715. The smallest absolute Gasteiger partial charge is 0.317 e. The Morgan fingerprint density at radius 1 is 1.41 bits per heavy atom. The van der Waals surface area contributed by atoms with Gasteiger partial charge in [-0.25, -0.2) is 4.79 Å². The molecular weight excluding hydrogens is 218 g/mol. The summed E-state index contributed by atoms with van der Waals surface area (Å²) in [6.45, 7) is 2.97. The van der Waals surface area contributed by atoms with Crippen LogP contribution in [0.25, 0.3) is 0 Å². The summed E-state index contributed by atoms with van der Waals surface area (Å²) in [6.07, 6.45) is 5.07. The summed E-state index contributed by atoms with van der Waals surface area (Å²) in [7, 11) is 2.03. The molecule has 2 rings (SSSR count). The van der Waals surface area contributed by atoms with Gasteiger partial charge in [0.1, 0.15) is 0 Å². The van der Waals surface area contributed by atoms with Crippen LogP contribution in [0.1, 0.15) is 25.7 Å². The van der Waals surface area contributed by atoms with Crippen LogP contribution in [0.15, 0.2) is 0 Å². The number of nitrogens with one attached hydrogen (secondary N) is 2. The highest BCUT2D eigenvalue weighted by Crippen LogP contribution is 2.20. The number of carbonyl (C=O) groups excluding carboxylic acids is 1. The van der Waals surface area contributed by atoms with Crippen LogP contribution in [0, 0.1) is 0 Å². The number of nitrogens with zero attached hydrogens (tertiary/aromatic N) is 1. The van der Waals surface area contributed by atoms with Crippen molar-refractivity contribution in [3.8, 4) is 0 Å². The number of ether oxygens (including phenoxy) is 1. The van der Waals surface area contributed by atoms with E-state index in [1.165, 1.54) is 12.8 Å². The number of rotatable bonds is 5. The molecule has 2 fully saturated rings. The fraction of sp³-hybridized carbons (Fsp3) is 0.917. The highest BCUT2D eigenvalue weighted by molar-refractivity contribution is 5.76. The highest BCUT2D eigenvalue weighted by atomic mass is 16.5. The van der Waals surface area contributed by atoms with Crippen LogP contribution in [0.5, 0.6) is 0 Å². The summed E-state index contributed by atoms with van der Waals surface area (Å²) in [5.74, 6) is 0. The molecule has 1 aliphatic heterocycles. The van der Waals surface area contributed by atoms with E-state index in [2.05, 4.69) is 10.6 Å². The minimum atomic E-state index is 0.0486. The fourth-order valence-electron chi connectivity index (χ4n) is 2.57. The molecule has 0 radical (unpaired) electrons. The van der Waals surface area contributed by atoms with Gasteiger partial charge >= 0.3 is 6.03 Å². The Hall–Kier alpha value is -0.810. The van der Waals surface area contributed by atoms with E-state index >= 15 is 0 Å². The average Bonchev–Trinajstić information content (AvgIpc) is 2.76. The van der Waals surface area contributed by atoms with Gasteiger partial charge < -0.3 is 20.3 Å². The first-order chi connectivity index (χ1) is 8.29. The molecule has 5 heteroatoms. The number of urea groups is 1. The van der Waals surface area contributed by atoms with Crippen LogP contribution in [-0.2, 0) is 4.74 Å². The zero-order chi connectivity index (χ0) is 12.1. The lowest BCUT2D eigenvalue weighted by Gasteiger charge is -2.28. The van der Waals surface area contributed by atoms with Crippen molar-refractivity contribution in [1.82, 2.24) is 15.5 Å². The van der Waals surface area contributed by atoms with E-state index in [9.17, 15) is 4.79 Å².